The van der Waals surface area contributed by atoms with Crippen molar-refractivity contribution < 1.29 is 5.11 Å². The molecule has 0 saturated heterocycles. The first kappa shape index (κ1) is 23.6. The van der Waals surface area contributed by atoms with Crippen LogP contribution in [0.4, 0.5) is 0 Å². The van der Waals surface area contributed by atoms with Gasteiger partial charge in [0.05, 0.1) is 0 Å². The van der Waals surface area contributed by atoms with Crippen LogP contribution in [0.5, 0.6) is 5.75 Å². The number of aryl methyl sites for hydroxylation is 1. The van der Waals surface area contributed by atoms with Crippen LogP contribution < -0.4 is 0 Å². The number of unbranched alkanes of at least 4 members (excludes halogenated alkanes) is 6. The summed E-state index contributed by atoms with van der Waals surface area (Å²) in [5, 5.41) is 11.1. The molecule has 0 unspecified atom stereocenters. The summed E-state index contributed by atoms with van der Waals surface area (Å²) in [6, 6.07) is 24.7. The fraction of sp³-hybridized carbons (Fsp3) is 0.290. The summed E-state index contributed by atoms with van der Waals surface area (Å²) in [6.07, 6.45) is 18.3. The topological polar surface area (TPSA) is 20.2 Å². The summed E-state index contributed by atoms with van der Waals surface area (Å²) in [7, 11) is 0. The molecule has 0 aliphatic carbocycles. The standard InChI is InChI=1S/C31H36O/c1-2-3-4-5-6-7-14-19-28-23-24-29(22-20-26-15-10-8-11-16-26)31(32)30(28)25-21-27-17-12-9-13-18-27/h8-13,15-18,20-25,32H,2-7,14,19H2,1H3. The minimum atomic E-state index is 0.366. The largest absolute Gasteiger partial charge is 0.507 e. The van der Waals surface area contributed by atoms with Crippen LogP contribution in [0, 0.1) is 0 Å². The van der Waals surface area contributed by atoms with Crippen molar-refractivity contribution in [2.24, 2.45) is 0 Å². The van der Waals surface area contributed by atoms with E-state index in [2.05, 4.69) is 55.5 Å². The predicted octanol–water partition coefficient (Wildman–Crippen LogP) is 9.03. The van der Waals surface area contributed by atoms with E-state index in [4.69, 9.17) is 0 Å². The van der Waals surface area contributed by atoms with Gasteiger partial charge in [-0.1, -0.05) is 143 Å². The zero-order chi connectivity index (χ0) is 22.4. The van der Waals surface area contributed by atoms with Crippen LogP contribution in [0.1, 0.15) is 79.7 Å². The number of rotatable bonds is 12. The molecule has 0 aliphatic rings. The number of phenols is 1. The van der Waals surface area contributed by atoms with Crippen LogP contribution in [0.2, 0.25) is 0 Å². The molecular formula is C31H36O. The van der Waals surface area contributed by atoms with E-state index in [1.165, 1.54) is 44.1 Å². The van der Waals surface area contributed by atoms with E-state index in [1.807, 2.05) is 48.5 Å². The summed E-state index contributed by atoms with van der Waals surface area (Å²) in [4.78, 5) is 0. The van der Waals surface area contributed by atoms with Crippen molar-refractivity contribution in [3.8, 4) is 5.75 Å². The third-order valence-electron chi connectivity index (χ3n) is 5.89. The molecule has 32 heavy (non-hydrogen) atoms. The van der Waals surface area contributed by atoms with Gasteiger partial charge in [-0.25, -0.2) is 0 Å². The zero-order valence-electron chi connectivity index (χ0n) is 19.3. The fourth-order valence-corrected chi connectivity index (χ4v) is 3.97. The average molecular weight is 425 g/mol. The molecule has 3 rings (SSSR count). The number of hydrogen-bond donors (Lipinski definition) is 1. The van der Waals surface area contributed by atoms with Crippen LogP contribution >= 0.6 is 0 Å². The Bertz CT molecular complexity index is 984. The van der Waals surface area contributed by atoms with Crippen LogP contribution in [-0.2, 0) is 6.42 Å². The van der Waals surface area contributed by atoms with Crippen molar-refractivity contribution in [1.82, 2.24) is 0 Å². The minimum Gasteiger partial charge on any atom is -0.507 e. The molecule has 1 nitrogen and oxygen atoms in total. The summed E-state index contributed by atoms with van der Waals surface area (Å²) in [6.45, 7) is 2.26. The molecule has 3 aromatic carbocycles. The molecule has 0 saturated carbocycles. The smallest absolute Gasteiger partial charge is 0.130 e. The number of aromatic hydroxyl groups is 1. The fourth-order valence-electron chi connectivity index (χ4n) is 3.97. The van der Waals surface area contributed by atoms with Gasteiger partial charge in [0, 0.05) is 11.1 Å². The highest BCUT2D eigenvalue weighted by Gasteiger charge is 2.09. The Balaban J connectivity index is 1.76. The Hall–Kier alpha value is -3.06. The van der Waals surface area contributed by atoms with E-state index in [-0.39, 0.29) is 0 Å². The van der Waals surface area contributed by atoms with Gasteiger partial charge in [-0.2, -0.15) is 0 Å². The molecule has 1 heteroatoms. The second kappa shape index (κ2) is 13.4. The quantitative estimate of drug-likeness (QED) is 0.227. The van der Waals surface area contributed by atoms with Gasteiger partial charge in [-0.15, -0.1) is 0 Å². The maximum Gasteiger partial charge on any atom is 0.130 e. The molecule has 0 spiro atoms. The maximum absolute atomic E-state index is 11.1. The lowest BCUT2D eigenvalue weighted by atomic mass is 9.95. The van der Waals surface area contributed by atoms with E-state index in [1.54, 1.807) is 0 Å². The molecule has 0 amide bonds. The first-order chi connectivity index (χ1) is 15.8. The van der Waals surface area contributed by atoms with E-state index < -0.39 is 0 Å². The Morgan fingerprint density at radius 1 is 0.594 bits per heavy atom. The number of phenolic OH excluding ortho intramolecular Hbond substituents is 1. The first-order valence-electron chi connectivity index (χ1n) is 12.1. The number of benzene rings is 3. The molecule has 0 atom stereocenters. The van der Waals surface area contributed by atoms with Crippen molar-refractivity contribution in [2.75, 3.05) is 0 Å². The van der Waals surface area contributed by atoms with Gasteiger partial charge in [0.15, 0.2) is 0 Å². The molecule has 0 bridgehead atoms. The molecule has 3 aromatic rings. The summed E-state index contributed by atoms with van der Waals surface area (Å²) < 4.78 is 0. The molecule has 166 valence electrons. The molecule has 0 heterocycles. The van der Waals surface area contributed by atoms with E-state index >= 15 is 0 Å². The van der Waals surface area contributed by atoms with Crippen LogP contribution in [0.25, 0.3) is 24.3 Å². The van der Waals surface area contributed by atoms with Gasteiger partial charge in [-0.3, -0.25) is 0 Å². The maximum atomic E-state index is 11.1. The summed E-state index contributed by atoms with van der Waals surface area (Å²) >= 11 is 0. The van der Waals surface area contributed by atoms with E-state index in [0.29, 0.717) is 5.75 Å². The normalized spacial score (nSPS) is 11.5. The van der Waals surface area contributed by atoms with Crippen molar-refractivity contribution in [2.45, 2.75) is 58.3 Å². The molecular weight excluding hydrogens is 388 g/mol. The molecule has 0 aromatic heterocycles. The average Bonchev–Trinajstić information content (AvgIpc) is 2.83. The summed E-state index contributed by atoms with van der Waals surface area (Å²) in [5.74, 6) is 0.366. The Morgan fingerprint density at radius 2 is 1.16 bits per heavy atom. The first-order valence-corrected chi connectivity index (χ1v) is 12.1. The lowest BCUT2D eigenvalue weighted by molar-refractivity contribution is 0.471. The second-order valence-electron chi connectivity index (χ2n) is 8.44. The van der Waals surface area contributed by atoms with Crippen molar-refractivity contribution >= 4 is 24.3 Å². The van der Waals surface area contributed by atoms with Gasteiger partial charge in [0.1, 0.15) is 5.75 Å². The molecule has 1 N–H and O–H groups in total. The van der Waals surface area contributed by atoms with Crippen molar-refractivity contribution in [1.29, 1.82) is 0 Å². The van der Waals surface area contributed by atoms with Gasteiger partial charge in [0.2, 0.25) is 0 Å². The summed E-state index contributed by atoms with van der Waals surface area (Å²) in [5.41, 5.74) is 5.28. The van der Waals surface area contributed by atoms with Crippen molar-refractivity contribution in [3.05, 3.63) is 101 Å². The lowest BCUT2D eigenvalue weighted by Crippen LogP contribution is -1.93. The second-order valence-corrected chi connectivity index (χ2v) is 8.44. The van der Waals surface area contributed by atoms with Gasteiger partial charge < -0.3 is 5.11 Å². The Morgan fingerprint density at radius 3 is 1.78 bits per heavy atom. The van der Waals surface area contributed by atoms with Crippen LogP contribution in [-0.4, -0.2) is 5.11 Å². The van der Waals surface area contributed by atoms with Crippen LogP contribution in [0.15, 0.2) is 72.8 Å². The highest BCUT2D eigenvalue weighted by molar-refractivity contribution is 5.80. The van der Waals surface area contributed by atoms with Gasteiger partial charge in [0.25, 0.3) is 0 Å². The van der Waals surface area contributed by atoms with E-state index in [9.17, 15) is 5.11 Å². The van der Waals surface area contributed by atoms with E-state index in [0.717, 1.165) is 35.1 Å². The molecule has 0 fully saturated rings. The molecule has 0 radical (unpaired) electrons. The Labute approximate surface area is 194 Å². The lowest BCUT2D eigenvalue weighted by Gasteiger charge is -2.11. The van der Waals surface area contributed by atoms with Crippen molar-refractivity contribution in [3.63, 3.8) is 0 Å². The predicted molar refractivity (Wildman–Crippen MR) is 141 cm³/mol. The van der Waals surface area contributed by atoms with Crippen LogP contribution in [0.3, 0.4) is 0 Å². The highest BCUT2D eigenvalue weighted by Crippen LogP contribution is 2.31. The highest BCUT2D eigenvalue weighted by atomic mass is 16.3. The Kier molecular flexibility index (Phi) is 9.86. The van der Waals surface area contributed by atoms with Gasteiger partial charge in [-0.05, 0) is 29.5 Å². The van der Waals surface area contributed by atoms with Gasteiger partial charge >= 0.3 is 0 Å². The SMILES string of the molecule is CCCCCCCCCc1ccc(C=Cc2ccccc2)c(O)c1C=Cc1ccccc1. The third kappa shape index (κ3) is 7.57. The third-order valence-corrected chi connectivity index (χ3v) is 5.89. The molecule has 0 aliphatic heterocycles. The zero-order valence-corrected chi connectivity index (χ0v) is 19.3. The minimum absolute atomic E-state index is 0.366. The number of hydrogen-bond acceptors (Lipinski definition) is 1. The monoisotopic (exact) mass is 424 g/mol.